The second-order valence-electron chi connectivity index (χ2n) is 5.24. The number of amides is 1. The molecule has 8 heteroatoms. The fraction of sp³-hybridized carbons (Fsp3) is 0.750. The zero-order valence-corrected chi connectivity index (χ0v) is 11.9. The first-order chi connectivity index (χ1) is 9.11. The highest BCUT2D eigenvalue weighted by Gasteiger charge is 2.23. The zero-order valence-electron chi connectivity index (χ0n) is 11.9. The maximum atomic E-state index is 11.4. The van der Waals surface area contributed by atoms with E-state index >= 15 is 0 Å². The number of ether oxygens (including phenoxy) is 1. The number of hydrogen-bond donors (Lipinski definition) is 4. The maximum absolute atomic E-state index is 11.4. The second kappa shape index (κ2) is 8.36. The van der Waals surface area contributed by atoms with Crippen molar-refractivity contribution >= 4 is 18.0 Å². The Kier molecular flexibility index (Phi) is 7.60. The number of alkyl carbamates (subject to hydrolysis) is 1. The lowest BCUT2D eigenvalue weighted by Gasteiger charge is -2.22. The normalized spacial score (nSPS) is 12.6. The van der Waals surface area contributed by atoms with Crippen molar-refractivity contribution in [2.45, 2.75) is 45.3 Å². The van der Waals surface area contributed by atoms with Crippen LogP contribution in [0.25, 0.3) is 0 Å². The molecule has 0 saturated heterocycles. The summed E-state index contributed by atoms with van der Waals surface area (Å²) in [5.74, 6) is -2.10. The van der Waals surface area contributed by atoms with Gasteiger partial charge in [-0.3, -0.25) is 4.79 Å². The van der Waals surface area contributed by atoms with Crippen molar-refractivity contribution in [2.75, 3.05) is 13.1 Å². The summed E-state index contributed by atoms with van der Waals surface area (Å²) in [5.41, 5.74) is -0.706. The largest absolute Gasteiger partial charge is 0.481 e. The second-order valence-corrected chi connectivity index (χ2v) is 5.24. The molecule has 1 unspecified atom stereocenters. The van der Waals surface area contributed by atoms with Crippen molar-refractivity contribution in [1.29, 1.82) is 0 Å². The van der Waals surface area contributed by atoms with Gasteiger partial charge in [-0.2, -0.15) is 0 Å². The van der Waals surface area contributed by atoms with E-state index in [-0.39, 0.29) is 13.0 Å². The number of carbonyl (C=O) groups is 3. The smallest absolute Gasteiger partial charge is 0.408 e. The lowest BCUT2D eigenvalue weighted by atomic mass is 10.2. The fourth-order valence-electron chi connectivity index (χ4n) is 1.26. The minimum atomic E-state index is -1.19. The summed E-state index contributed by atoms with van der Waals surface area (Å²) in [6.07, 6.45) is -0.421. The summed E-state index contributed by atoms with van der Waals surface area (Å²) in [5, 5.41) is 22.4. The molecule has 116 valence electrons. The van der Waals surface area contributed by atoms with Gasteiger partial charge in [-0.25, -0.2) is 9.59 Å². The van der Waals surface area contributed by atoms with Gasteiger partial charge in [-0.05, 0) is 33.7 Å². The highest BCUT2D eigenvalue weighted by Crippen LogP contribution is 2.06. The van der Waals surface area contributed by atoms with Crippen LogP contribution in [0.1, 0.15) is 33.6 Å². The Morgan fingerprint density at radius 3 is 2.25 bits per heavy atom. The summed E-state index contributed by atoms with van der Waals surface area (Å²) in [6.45, 7) is 5.37. The van der Waals surface area contributed by atoms with Gasteiger partial charge in [0.2, 0.25) is 0 Å². The van der Waals surface area contributed by atoms with Crippen LogP contribution in [-0.4, -0.2) is 53.0 Å². The number of carboxylic acids is 2. The van der Waals surface area contributed by atoms with Crippen molar-refractivity contribution < 1.29 is 29.3 Å². The van der Waals surface area contributed by atoms with E-state index in [2.05, 4.69) is 10.6 Å². The van der Waals surface area contributed by atoms with Crippen LogP contribution in [0, 0.1) is 0 Å². The molecule has 0 rings (SSSR count). The monoisotopic (exact) mass is 290 g/mol. The van der Waals surface area contributed by atoms with Gasteiger partial charge in [0.1, 0.15) is 11.6 Å². The Morgan fingerprint density at radius 1 is 1.20 bits per heavy atom. The lowest BCUT2D eigenvalue weighted by Crippen LogP contribution is -2.48. The van der Waals surface area contributed by atoms with Crippen LogP contribution >= 0.6 is 0 Å². The number of nitrogens with one attached hydrogen (secondary N) is 2. The number of carboxylic acid groups (broad SMARTS) is 2. The molecule has 0 aliphatic carbocycles. The third-order valence-electron chi connectivity index (χ3n) is 2.08. The molecule has 8 nitrogen and oxygen atoms in total. The number of rotatable bonds is 8. The van der Waals surface area contributed by atoms with Crippen molar-refractivity contribution in [3.8, 4) is 0 Å². The Morgan fingerprint density at radius 2 is 1.80 bits per heavy atom. The van der Waals surface area contributed by atoms with Crippen molar-refractivity contribution in [3.63, 3.8) is 0 Å². The Bertz CT molecular complexity index is 350. The lowest BCUT2D eigenvalue weighted by molar-refractivity contribution is -0.139. The van der Waals surface area contributed by atoms with Crippen LogP contribution in [-0.2, 0) is 14.3 Å². The average Bonchev–Trinajstić information content (AvgIpc) is 2.23. The Hall–Kier alpha value is -1.83. The number of hydrogen-bond acceptors (Lipinski definition) is 5. The van der Waals surface area contributed by atoms with Crippen LogP contribution < -0.4 is 10.6 Å². The molecule has 20 heavy (non-hydrogen) atoms. The van der Waals surface area contributed by atoms with Gasteiger partial charge in [-0.1, -0.05) is 0 Å². The molecule has 0 aliphatic heterocycles. The van der Waals surface area contributed by atoms with E-state index in [1.807, 2.05) is 0 Å². The van der Waals surface area contributed by atoms with Crippen molar-refractivity contribution in [3.05, 3.63) is 0 Å². The third kappa shape index (κ3) is 10.1. The molecule has 0 aromatic rings. The summed E-state index contributed by atoms with van der Waals surface area (Å²) >= 11 is 0. The number of carbonyl (C=O) groups excluding carboxylic acids is 1. The van der Waals surface area contributed by atoms with Gasteiger partial charge < -0.3 is 25.6 Å². The van der Waals surface area contributed by atoms with E-state index in [0.29, 0.717) is 13.0 Å². The maximum Gasteiger partial charge on any atom is 0.408 e. The van der Waals surface area contributed by atoms with Gasteiger partial charge in [0.05, 0.1) is 0 Å². The van der Waals surface area contributed by atoms with Gasteiger partial charge >= 0.3 is 18.0 Å². The van der Waals surface area contributed by atoms with Crippen LogP contribution in [0.4, 0.5) is 4.79 Å². The molecule has 4 N–H and O–H groups in total. The molecular weight excluding hydrogens is 268 g/mol. The number of aliphatic carboxylic acids is 2. The molecule has 0 radical (unpaired) electrons. The van der Waals surface area contributed by atoms with E-state index in [1.165, 1.54) is 0 Å². The third-order valence-corrected chi connectivity index (χ3v) is 2.08. The fourth-order valence-corrected chi connectivity index (χ4v) is 1.26. The van der Waals surface area contributed by atoms with Crippen LogP contribution in [0.5, 0.6) is 0 Å². The molecule has 0 fully saturated rings. The predicted octanol–water partition coefficient (Wildman–Crippen LogP) is 0.419. The van der Waals surface area contributed by atoms with Crippen molar-refractivity contribution in [2.24, 2.45) is 0 Å². The first-order valence-corrected chi connectivity index (χ1v) is 6.26. The predicted molar refractivity (Wildman–Crippen MR) is 70.5 cm³/mol. The highest BCUT2D eigenvalue weighted by atomic mass is 16.6. The SMILES string of the molecule is CC(C)(C)OC(=O)NC(CNCCCC(=O)O)C(=O)O. The molecule has 0 saturated carbocycles. The average molecular weight is 290 g/mol. The topological polar surface area (TPSA) is 125 Å². The van der Waals surface area contributed by atoms with Gasteiger partial charge in [0.15, 0.2) is 0 Å². The molecule has 0 bridgehead atoms. The molecule has 0 heterocycles. The van der Waals surface area contributed by atoms with Gasteiger partial charge in [0.25, 0.3) is 0 Å². The standard InChI is InChI=1S/C12H22N2O6/c1-12(2,3)20-11(19)14-8(10(17)18)7-13-6-4-5-9(15)16/h8,13H,4-7H2,1-3H3,(H,14,19)(H,15,16)(H,17,18). The van der Waals surface area contributed by atoms with E-state index < -0.39 is 29.7 Å². The molecule has 0 spiro atoms. The zero-order chi connectivity index (χ0) is 15.8. The van der Waals surface area contributed by atoms with E-state index in [0.717, 1.165) is 0 Å². The van der Waals surface area contributed by atoms with Crippen molar-refractivity contribution in [1.82, 2.24) is 10.6 Å². The van der Waals surface area contributed by atoms with E-state index in [9.17, 15) is 14.4 Å². The van der Waals surface area contributed by atoms with E-state index in [1.54, 1.807) is 20.8 Å². The molecule has 0 aromatic carbocycles. The Labute approximate surface area is 117 Å². The quantitative estimate of drug-likeness (QED) is 0.477. The van der Waals surface area contributed by atoms with Crippen LogP contribution in [0.3, 0.4) is 0 Å². The van der Waals surface area contributed by atoms with Crippen LogP contribution in [0.2, 0.25) is 0 Å². The molecular formula is C12H22N2O6. The first-order valence-electron chi connectivity index (χ1n) is 6.26. The summed E-state index contributed by atoms with van der Waals surface area (Å²) in [7, 11) is 0. The molecule has 0 aromatic heterocycles. The molecule has 0 aliphatic rings. The van der Waals surface area contributed by atoms with Gasteiger partial charge in [-0.15, -0.1) is 0 Å². The summed E-state index contributed by atoms with van der Waals surface area (Å²) in [4.78, 5) is 32.7. The first kappa shape index (κ1) is 18.2. The van der Waals surface area contributed by atoms with E-state index in [4.69, 9.17) is 14.9 Å². The Balaban J connectivity index is 4.08. The van der Waals surface area contributed by atoms with Gasteiger partial charge in [0, 0.05) is 13.0 Å². The minimum absolute atomic E-state index is 0.00420. The minimum Gasteiger partial charge on any atom is -0.481 e. The summed E-state index contributed by atoms with van der Waals surface area (Å²) in [6, 6.07) is -1.13. The highest BCUT2D eigenvalue weighted by molar-refractivity contribution is 5.80. The molecule has 1 atom stereocenters. The molecule has 1 amide bonds. The van der Waals surface area contributed by atoms with Crippen LogP contribution in [0.15, 0.2) is 0 Å². The summed E-state index contributed by atoms with van der Waals surface area (Å²) < 4.78 is 4.96.